The molecule has 0 rings (SSSR count). The van der Waals surface area contributed by atoms with E-state index in [2.05, 4.69) is 10.1 Å². The zero-order valence-electron chi connectivity index (χ0n) is 8.36. The van der Waals surface area contributed by atoms with Crippen LogP contribution in [0.3, 0.4) is 0 Å². The fourth-order valence-electron chi connectivity index (χ4n) is 0.742. The van der Waals surface area contributed by atoms with Gasteiger partial charge in [-0.25, -0.2) is 4.79 Å². The van der Waals surface area contributed by atoms with Gasteiger partial charge in [-0.2, -0.15) is 0 Å². The van der Waals surface area contributed by atoms with Gasteiger partial charge in [-0.3, -0.25) is 9.59 Å². The number of carboxylic acids is 1. The molecule has 7 heteroatoms. The van der Waals surface area contributed by atoms with Gasteiger partial charge in [0, 0.05) is 6.54 Å². The summed E-state index contributed by atoms with van der Waals surface area (Å²) in [7, 11) is 0. The van der Waals surface area contributed by atoms with Crippen LogP contribution in [0.25, 0.3) is 0 Å². The molecule has 1 atom stereocenters. The molecule has 15 heavy (non-hydrogen) atoms. The van der Waals surface area contributed by atoms with Crippen LogP contribution >= 0.6 is 0 Å². The van der Waals surface area contributed by atoms with Gasteiger partial charge in [0.25, 0.3) is 0 Å². The maximum atomic E-state index is 11.1. The van der Waals surface area contributed by atoms with E-state index in [1.54, 1.807) is 6.92 Å². The van der Waals surface area contributed by atoms with Gasteiger partial charge < -0.3 is 20.9 Å². The predicted molar refractivity (Wildman–Crippen MR) is 49.9 cm³/mol. The zero-order valence-corrected chi connectivity index (χ0v) is 8.36. The van der Waals surface area contributed by atoms with Crippen LogP contribution in [0, 0.1) is 0 Å². The van der Waals surface area contributed by atoms with Crippen molar-refractivity contribution in [1.82, 2.24) is 5.32 Å². The molecule has 1 amide bonds. The lowest BCUT2D eigenvalue weighted by atomic mass is 10.3. The fourth-order valence-corrected chi connectivity index (χ4v) is 0.742. The van der Waals surface area contributed by atoms with Crippen molar-refractivity contribution in [1.29, 1.82) is 0 Å². The topological polar surface area (TPSA) is 119 Å². The van der Waals surface area contributed by atoms with Crippen molar-refractivity contribution in [2.75, 3.05) is 13.2 Å². The van der Waals surface area contributed by atoms with Gasteiger partial charge in [-0.15, -0.1) is 0 Å². The summed E-state index contributed by atoms with van der Waals surface area (Å²) in [4.78, 5) is 32.2. The highest BCUT2D eigenvalue weighted by Crippen LogP contribution is 1.86. The standard InChI is InChI=1S/C8H14N2O5/c1-2-15-8(14)6(9)7(13)10-4-3-5(11)12/h6H,2-4,9H2,1H3,(H,10,13)(H,11,12). The van der Waals surface area contributed by atoms with Crippen molar-refractivity contribution >= 4 is 17.8 Å². The van der Waals surface area contributed by atoms with Gasteiger partial charge in [-0.1, -0.05) is 0 Å². The molecule has 0 saturated carbocycles. The maximum Gasteiger partial charge on any atom is 0.332 e. The summed E-state index contributed by atoms with van der Waals surface area (Å²) in [5.41, 5.74) is 5.23. The van der Waals surface area contributed by atoms with E-state index in [-0.39, 0.29) is 19.6 Å². The minimum atomic E-state index is -1.40. The number of carboxylic acid groups (broad SMARTS) is 1. The summed E-state index contributed by atoms with van der Waals surface area (Å²) in [6.45, 7) is 1.66. The van der Waals surface area contributed by atoms with Crippen molar-refractivity contribution in [3.8, 4) is 0 Å². The lowest BCUT2D eigenvalue weighted by Gasteiger charge is -2.10. The van der Waals surface area contributed by atoms with E-state index >= 15 is 0 Å². The van der Waals surface area contributed by atoms with E-state index in [1.165, 1.54) is 0 Å². The van der Waals surface area contributed by atoms with Crippen LogP contribution < -0.4 is 11.1 Å². The molecule has 0 aliphatic rings. The molecule has 0 aliphatic heterocycles. The van der Waals surface area contributed by atoms with Gasteiger partial charge >= 0.3 is 11.9 Å². The molecule has 86 valence electrons. The summed E-state index contributed by atoms with van der Waals surface area (Å²) >= 11 is 0. The first-order valence-electron chi connectivity index (χ1n) is 4.40. The first-order chi connectivity index (χ1) is 6.99. The largest absolute Gasteiger partial charge is 0.481 e. The molecule has 1 unspecified atom stereocenters. The number of carbonyl (C=O) groups excluding carboxylic acids is 2. The summed E-state index contributed by atoms with van der Waals surface area (Å²) in [5.74, 6) is -2.61. The third-order valence-corrected chi connectivity index (χ3v) is 1.46. The van der Waals surface area contributed by atoms with Crippen molar-refractivity contribution < 1.29 is 24.2 Å². The Hall–Kier alpha value is -1.63. The lowest BCUT2D eigenvalue weighted by molar-refractivity contribution is -0.147. The van der Waals surface area contributed by atoms with E-state index in [9.17, 15) is 14.4 Å². The van der Waals surface area contributed by atoms with Gasteiger partial charge in [0.1, 0.15) is 0 Å². The lowest BCUT2D eigenvalue weighted by Crippen LogP contribution is -2.47. The minimum Gasteiger partial charge on any atom is -0.481 e. The van der Waals surface area contributed by atoms with E-state index in [0.29, 0.717) is 0 Å². The second kappa shape index (κ2) is 6.77. The van der Waals surface area contributed by atoms with Crippen molar-refractivity contribution in [2.45, 2.75) is 19.4 Å². The maximum absolute atomic E-state index is 11.1. The average molecular weight is 218 g/mol. The Morgan fingerprint density at radius 3 is 2.53 bits per heavy atom. The summed E-state index contributed by atoms with van der Waals surface area (Å²) in [6.07, 6.45) is -0.221. The van der Waals surface area contributed by atoms with Crippen LogP contribution in [0.2, 0.25) is 0 Å². The van der Waals surface area contributed by atoms with Crippen molar-refractivity contribution in [2.24, 2.45) is 5.73 Å². The molecular formula is C8H14N2O5. The predicted octanol–water partition coefficient (Wildman–Crippen LogP) is -1.53. The van der Waals surface area contributed by atoms with E-state index in [4.69, 9.17) is 10.8 Å². The van der Waals surface area contributed by atoms with Crippen molar-refractivity contribution in [3.05, 3.63) is 0 Å². The molecule has 0 spiro atoms. The van der Waals surface area contributed by atoms with Gasteiger partial charge in [-0.05, 0) is 6.92 Å². The molecule has 0 bridgehead atoms. The number of hydrogen-bond acceptors (Lipinski definition) is 5. The fraction of sp³-hybridized carbons (Fsp3) is 0.625. The Morgan fingerprint density at radius 2 is 2.07 bits per heavy atom. The summed E-state index contributed by atoms with van der Waals surface area (Å²) in [6, 6.07) is -1.40. The molecule has 4 N–H and O–H groups in total. The molecule has 0 aromatic heterocycles. The monoisotopic (exact) mass is 218 g/mol. The van der Waals surface area contributed by atoms with Crippen LogP contribution in [0.5, 0.6) is 0 Å². The van der Waals surface area contributed by atoms with Gasteiger partial charge in [0.05, 0.1) is 13.0 Å². The smallest absolute Gasteiger partial charge is 0.332 e. The summed E-state index contributed by atoms with van der Waals surface area (Å²) in [5, 5.41) is 10.5. The number of nitrogens with two attached hydrogens (primary N) is 1. The minimum absolute atomic E-state index is 0.0682. The molecule has 7 nitrogen and oxygen atoms in total. The number of nitrogens with one attached hydrogen (secondary N) is 1. The van der Waals surface area contributed by atoms with Crippen LogP contribution in [-0.2, 0) is 19.1 Å². The molecule has 0 aromatic rings. The van der Waals surface area contributed by atoms with Crippen LogP contribution in [0.15, 0.2) is 0 Å². The Morgan fingerprint density at radius 1 is 1.47 bits per heavy atom. The highest BCUT2D eigenvalue weighted by Gasteiger charge is 2.22. The molecule has 0 heterocycles. The number of esters is 1. The normalized spacial score (nSPS) is 11.6. The van der Waals surface area contributed by atoms with Crippen LogP contribution in [0.1, 0.15) is 13.3 Å². The second-order valence-corrected chi connectivity index (χ2v) is 2.66. The van der Waals surface area contributed by atoms with Gasteiger partial charge in [0.2, 0.25) is 5.91 Å². The van der Waals surface area contributed by atoms with Gasteiger partial charge in [0.15, 0.2) is 6.04 Å². The van der Waals surface area contributed by atoms with Crippen LogP contribution in [0.4, 0.5) is 0 Å². The number of hydrogen-bond donors (Lipinski definition) is 3. The number of carbonyl (C=O) groups is 3. The highest BCUT2D eigenvalue weighted by atomic mass is 16.5. The van der Waals surface area contributed by atoms with E-state index < -0.39 is 23.9 Å². The quantitative estimate of drug-likeness (QED) is 0.367. The Kier molecular flexibility index (Phi) is 6.03. The Balaban J connectivity index is 3.88. The molecule has 0 fully saturated rings. The Bertz CT molecular complexity index is 253. The third kappa shape index (κ3) is 5.63. The SMILES string of the molecule is CCOC(=O)C(N)C(=O)NCCC(=O)O. The first-order valence-corrected chi connectivity index (χ1v) is 4.40. The average Bonchev–Trinajstić information content (AvgIpc) is 2.16. The van der Waals surface area contributed by atoms with Crippen LogP contribution in [-0.4, -0.2) is 42.1 Å². The van der Waals surface area contributed by atoms with E-state index in [0.717, 1.165) is 0 Å². The highest BCUT2D eigenvalue weighted by molar-refractivity contribution is 6.01. The molecule has 0 aromatic carbocycles. The number of aliphatic carboxylic acids is 1. The second-order valence-electron chi connectivity index (χ2n) is 2.66. The summed E-state index contributed by atoms with van der Waals surface area (Å²) < 4.78 is 4.51. The molecule has 0 radical (unpaired) electrons. The Labute approximate surface area is 86.6 Å². The molecular weight excluding hydrogens is 204 g/mol. The number of rotatable bonds is 6. The number of amides is 1. The third-order valence-electron chi connectivity index (χ3n) is 1.46. The first kappa shape index (κ1) is 13.4. The molecule has 0 aliphatic carbocycles. The number of ether oxygens (including phenoxy) is 1. The van der Waals surface area contributed by atoms with Crippen molar-refractivity contribution in [3.63, 3.8) is 0 Å². The molecule has 0 saturated heterocycles. The zero-order chi connectivity index (χ0) is 11.8. The van der Waals surface area contributed by atoms with E-state index in [1.807, 2.05) is 0 Å².